The van der Waals surface area contributed by atoms with E-state index in [0.29, 0.717) is 55.8 Å². The van der Waals surface area contributed by atoms with E-state index < -0.39 is 17.3 Å². The molecule has 3 heterocycles. The fraction of sp³-hybridized carbons (Fsp3) is 0.316. The van der Waals surface area contributed by atoms with Crippen molar-refractivity contribution in [2.75, 3.05) is 13.7 Å². The molecule has 0 radical (unpaired) electrons. The standard InChI is InChI=1S/C19H17Cl2N3O4S/c1-28-14-6-10(11(20)7-12(14)21)15-8-13-17(29-15)18(26)24(19(27)23-13)9-3-2-4-22-16(25)5-9/h6-9H,2-5H2,1H3,(H,22,25)(H,23,27)/t9-/m1/s1. The first-order valence-corrected chi connectivity index (χ1v) is 10.5. The van der Waals surface area contributed by atoms with Gasteiger partial charge in [-0.15, -0.1) is 11.3 Å². The number of methoxy groups -OCH3 is 1. The lowest BCUT2D eigenvalue weighted by Gasteiger charge is -2.14. The number of aromatic amines is 1. The Morgan fingerprint density at radius 3 is 2.72 bits per heavy atom. The van der Waals surface area contributed by atoms with Crippen LogP contribution in [0.5, 0.6) is 5.75 Å². The van der Waals surface area contributed by atoms with Crippen LogP contribution in [0.4, 0.5) is 0 Å². The van der Waals surface area contributed by atoms with Crippen LogP contribution in [0.2, 0.25) is 10.0 Å². The number of H-pyrrole nitrogens is 1. The molecule has 0 spiro atoms. The summed E-state index contributed by atoms with van der Waals surface area (Å²) in [6.07, 6.45) is 1.38. The number of thiophene rings is 1. The number of hydrogen-bond donors (Lipinski definition) is 2. The van der Waals surface area contributed by atoms with Gasteiger partial charge in [0.2, 0.25) is 5.91 Å². The van der Waals surface area contributed by atoms with E-state index in [4.69, 9.17) is 27.9 Å². The molecule has 2 N–H and O–H groups in total. The first kappa shape index (κ1) is 20.0. The van der Waals surface area contributed by atoms with Gasteiger partial charge in [0.05, 0.1) is 28.7 Å². The Bertz CT molecular complexity index is 1230. The van der Waals surface area contributed by atoms with Gasteiger partial charge >= 0.3 is 5.69 Å². The van der Waals surface area contributed by atoms with Crippen LogP contribution in [0, 0.1) is 0 Å². The molecule has 1 aliphatic heterocycles. The molecular weight excluding hydrogens is 437 g/mol. The van der Waals surface area contributed by atoms with E-state index in [0.717, 1.165) is 4.57 Å². The average molecular weight is 454 g/mol. The summed E-state index contributed by atoms with van der Waals surface area (Å²) in [5.74, 6) is 0.296. The lowest BCUT2D eigenvalue weighted by molar-refractivity contribution is -0.121. The van der Waals surface area contributed by atoms with Crippen LogP contribution in [-0.4, -0.2) is 29.1 Å². The van der Waals surface area contributed by atoms with Gasteiger partial charge in [0, 0.05) is 23.4 Å². The number of fused-ring (bicyclic) bond motifs is 1. The van der Waals surface area contributed by atoms with Crippen LogP contribution in [0.3, 0.4) is 0 Å². The van der Waals surface area contributed by atoms with Crippen molar-refractivity contribution < 1.29 is 9.53 Å². The van der Waals surface area contributed by atoms with Gasteiger partial charge in [0.1, 0.15) is 10.4 Å². The fourth-order valence-electron chi connectivity index (χ4n) is 3.53. The molecule has 0 unspecified atom stereocenters. The van der Waals surface area contributed by atoms with E-state index >= 15 is 0 Å². The van der Waals surface area contributed by atoms with Crippen LogP contribution < -0.4 is 21.3 Å². The Hall–Kier alpha value is -2.29. The zero-order chi connectivity index (χ0) is 20.7. The molecule has 152 valence electrons. The van der Waals surface area contributed by atoms with Crippen molar-refractivity contribution in [1.29, 1.82) is 0 Å². The van der Waals surface area contributed by atoms with Gasteiger partial charge < -0.3 is 15.0 Å². The van der Waals surface area contributed by atoms with Crippen molar-refractivity contribution >= 4 is 50.7 Å². The second kappa shape index (κ2) is 7.85. The summed E-state index contributed by atoms with van der Waals surface area (Å²) in [6.45, 7) is 0.546. The second-order valence-corrected chi connectivity index (χ2v) is 8.64. The van der Waals surface area contributed by atoms with Crippen molar-refractivity contribution in [2.45, 2.75) is 25.3 Å². The third-order valence-electron chi connectivity index (χ3n) is 4.93. The predicted octanol–water partition coefficient (Wildman–Crippen LogP) is 3.57. The third kappa shape index (κ3) is 3.68. The molecule has 0 bridgehead atoms. The number of carbonyl (C=O) groups is 1. The Morgan fingerprint density at radius 2 is 1.97 bits per heavy atom. The zero-order valence-corrected chi connectivity index (χ0v) is 17.7. The van der Waals surface area contributed by atoms with Crippen molar-refractivity contribution in [3.63, 3.8) is 0 Å². The number of amides is 1. The van der Waals surface area contributed by atoms with E-state index in [1.54, 1.807) is 18.2 Å². The van der Waals surface area contributed by atoms with Crippen LogP contribution >= 0.6 is 34.5 Å². The van der Waals surface area contributed by atoms with E-state index in [9.17, 15) is 14.4 Å². The summed E-state index contributed by atoms with van der Waals surface area (Å²) in [6, 6.07) is 4.51. The highest BCUT2D eigenvalue weighted by atomic mass is 35.5. The van der Waals surface area contributed by atoms with Gasteiger partial charge in [0.25, 0.3) is 5.56 Å². The highest BCUT2D eigenvalue weighted by molar-refractivity contribution is 7.22. The van der Waals surface area contributed by atoms with Crippen LogP contribution in [0.1, 0.15) is 25.3 Å². The minimum atomic E-state index is -0.522. The summed E-state index contributed by atoms with van der Waals surface area (Å²) in [4.78, 5) is 41.1. The summed E-state index contributed by atoms with van der Waals surface area (Å²) in [5.41, 5.74) is 0.150. The maximum Gasteiger partial charge on any atom is 0.329 e. The minimum Gasteiger partial charge on any atom is -0.495 e. The Kier molecular flexibility index (Phi) is 5.42. The molecule has 7 nitrogen and oxygen atoms in total. The number of ether oxygens (including phenoxy) is 1. The summed E-state index contributed by atoms with van der Waals surface area (Å²) in [7, 11) is 1.50. The molecule has 1 aromatic carbocycles. The van der Waals surface area contributed by atoms with E-state index in [-0.39, 0.29) is 12.3 Å². The molecule has 1 atom stereocenters. The quantitative estimate of drug-likeness (QED) is 0.633. The lowest BCUT2D eigenvalue weighted by atomic mass is 10.1. The molecule has 1 fully saturated rings. The minimum absolute atomic E-state index is 0.104. The number of nitrogens with one attached hydrogen (secondary N) is 2. The molecule has 3 aromatic rings. The number of aromatic nitrogens is 2. The summed E-state index contributed by atoms with van der Waals surface area (Å²) >= 11 is 13.7. The van der Waals surface area contributed by atoms with Gasteiger partial charge in [0.15, 0.2) is 0 Å². The highest BCUT2D eigenvalue weighted by Gasteiger charge is 2.24. The van der Waals surface area contributed by atoms with Gasteiger partial charge in [-0.3, -0.25) is 14.2 Å². The van der Waals surface area contributed by atoms with E-state index in [1.807, 2.05) is 0 Å². The van der Waals surface area contributed by atoms with Crippen LogP contribution in [-0.2, 0) is 4.79 Å². The monoisotopic (exact) mass is 453 g/mol. The van der Waals surface area contributed by atoms with Gasteiger partial charge in [-0.25, -0.2) is 4.79 Å². The van der Waals surface area contributed by atoms with Crippen LogP contribution in [0.15, 0.2) is 27.8 Å². The smallest absolute Gasteiger partial charge is 0.329 e. The maximum absolute atomic E-state index is 13.1. The van der Waals surface area contributed by atoms with Crippen LogP contribution in [0.25, 0.3) is 20.7 Å². The second-order valence-electron chi connectivity index (χ2n) is 6.78. The zero-order valence-electron chi connectivity index (χ0n) is 15.4. The largest absolute Gasteiger partial charge is 0.495 e. The topological polar surface area (TPSA) is 93.2 Å². The van der Waals surface area contributed by atoms with E-state index in [2.05, 4.69) is 10.3 Å². The summed E-state index contributed by atoms with van der Waals surface area (Å²) < 4.78 is 6.81. The average Bonchev–Trinajstić information content (AvgIpc) is 2.97. The first-order chi connectivity index (χ1) is 13.9. The molecule has 1 aliphatic rings. The number of hydrogen-bond acceptors (Lipinski definition) is 5. The third-order valence-corrected chi connectivity index (χ3v) is 6.70. The number of nitrogens with zero attached hydrogens (tertiary/aromatic N) is 1. The first-order valence-electron chi connectivity index (χ1n) is 8.97. The molecule has 1 amide bonds. The fourth-order valence-corrected chi connectivity index (χ4v) is 5.23. The predicted molar refractivity (Wildman–Crippen MR) is 115 cm³/mol. The Morgan fingerprint density at radius 1 is 1.17 bits per heavy atom. The van der Waals surface area contributed by atoms with Gasteiger partial charge in [-0.1, -0.05) is 23.2 Å². The number of halogens is 2. The molecule has 29 heavy (non-hydrogen) atoms. The molecule has 2 aromatic heterocycles. The van der Waals surface area contributed by atoms with Crippen molar-refractivity contribution in [1.82, 2.24) is 14.9 Å². The molecule has 0 aliphatic carbocycles. The Labute approximate surface area is 179 Å². The Balaban J connectivity index is 1.86. The molecule has 1 saturated heterocycles. The SMILES string of the molecule is COc1cc(-c2cc3[nH]c(=O)n([C@@H]4CCCNC(=O)C4)c(=O)c3s2)c(Cl)cc1Cl. The van der Waals surface area contributed by atoms with Crippen molar-refractivity contribution in [3.8, 4) is 16.2 Å². The lowest BCUT2D eigenvalue weighted by Crippen LogP contribution is -2.38. The molecule has 4 rings (SSSR count). The van der Waals surface area contributed by atoms with Crippen molar-refractivity contribution in [3.05, 3.63) is 49.1 Å². The maximum atomic E-state index is 13.1. The molecular formula is C19H17Cl2N3O4S. The number of rotatable bonds is 3. The molecule has 10 heteroatoms. The highest BCUT2D eigenvalue weighted by Crippen LogP contribution is 2.40. The molecule has 0 saturated carbocycles. The summed E-state index contributed by atoms with van der Waals surface area (Å²) in [5, 5.41) is 3.55. The van der Waals surface area contributed by atoms with Gasteiger partial charge in [-0.05, 0) is 31.0 Å². The number of benzene rings is 1. The normalized spacial score (nSPS) is 17.2. The van der Waals surface area contributed by atoms with Crippen molar-refractivity contribution in [2.24, 2.45) is 0 Å². The van der Waals surface area contributed by atoms with Gasteiger partial charge in [-0.2, -0.15) is 0 Å². The number of carbonyl (C=O) groups excluding carboxylic acids is 1. The van der Waals surface area contributed by atoms with E-state index in [1.165, 1.54) is 18.4 Å².